The van der Waals surface area contributed by atoms with Gasteiger partial charge in [0.05, 0.1) is 28.3 Å². The second-order valence-electron chi connectivity index (χ2n) is 8.93. The number of nitrogens with zero attached hydrogens (tertiary/aromatic N) is 5. The van der Waals surface area contributed by atoms with E-state index in [1.54, 1.807) is 17.0 Å². The van der Waals surface area contributed by atoms with Crippen molar-refractivity contribution < 1.29 is 9.53 Å². The summed E-state index contributed by atoms with van der Waals surface area (Å²) in [6, 6.07) is 17.1. The minimum absolute atomic E-state index is 0.109. The largest absolute Gasteiger partial charge is 0.490 e. The number of nitrogen functional groups attached to an aromatic ring is 1. The minimum atomic E-state index is -0.458. The van der Waals surface area contributed by atoms with Gasteiger partial charge in [0.25, 0.3) is 11.5 Å². The molecule has 0 aliphatic carbocycles. The van der Waals surface area contributed by atoms with Crippen LogP contribution in [0.15, 0.2) is 59.4 Å². The molecule has 0 bridgehead atoms. The van der Waals surface area contributed by atoms with Crippen molar-refractivity contribution in [1.29, 1.82) is 5.26 Å². The summed E-state index contributed by atoms with van der Waals surface area (Å²) in [4.78, 5) is 35.2. The van der Waals surface area contributed by atoms with Crippen molar-refractivity contribution in [3.05, 3.63) is 69.8 Å². The molecule has 1 saturated heterocycles. The number of anilines is 3. The summed E-state index contributed by atoms with van der Waals surface area (Å²) in [6.07, 6.45) is 2.82. The van der Waals surface area contributed by atoms with Crippen molar-refractivity contribution in [3.8, 4) is 17.6 Å². The summed E-state index contributed by atoms with van der Waals surface area (Å²) in [7, 11) is 0. The van der Waals surface area contributed by atoms with Crippen LogP contribution in [0.2, 0.25) is 0 Å². The van der Waals surface area contributed by atoms with E-state index in [9.17, 15) is 9.59 Å². The molecule has 1 fully saturated rings. The Morgan fingerprint density at radius 1 is 1.16 bits per heavy atom. The molecule has 6 rings (SSSR count). The average Bonchev–Trinajstić information content (AvgIpc) is 3.56. The molecule has 0 unspecified atom stereocenters. The minimum Gasteiger partial charge on any atom is -0.490 e. The Labute approximate surface area is 216 Å². The first kappa shape index (κ1) is 22.9. The number of nitriles is 1. The molecule has 4 heterocycles. The number of thiophene rings is 1. The molecule has 2 aromatic carbocycles. The second kappa shape index (κ2) is 9.15. The molecule has 0 spiro atoms. The van der Waals surface area contributed by atoms with Crippen molar-refractivity contribution in [2.75, 3.05) is 36.9 Å². The van der Waals surface area contributed by atoms with Gasteiger partial charge in [-0.25, -0.2) is 4.98 Å². The van der Waals surface area contributed by atoms with Crippen molar-refractivity contribution in [1.82, 2.24) is 19.8 Å². The average molecular weight is 514 g/mol. The number of hydrogen-bond acceptors (Lipinski definition) is 9. The number of hydrogen-bond donors (Lipinski definition) is 2. The van der Waals surface area contributed by atoms with Gasteiger partial charge < -0.3 is 25.6 Å². The predicted molar refractivity (Wildman–Crippen MR) is 142 cm³/mol. The predicted octanol–water partition coefficient (Wildman–Crippen LogP) is 2.85. The molecule has 1 atom stereocenters. The molecule has 2 aromatic heterocycles. The Kier molecular flexibility index (Phi) is 5.65. The molecular formula is C26H23N7O3S. The highest BCUT2D eigenvalue weighted by Crippen LogP contribution is 2.38. The van der Waals surface area contributed by atoms with E-state index in [0.29, 0.717) is 53.6 Å². The summed E-state index contributed by atoms with van der Waals surface area (Å²) >= 11 is 1.18. The van der Waals surface area contributed by atoms with Gasteiger partial charge in [-0.3, -0.25) is 14.2 Å². The maximum Gasteiger partial charge on any atom is 0.298 e. The van der Waals surface area contributed by atoms with Crippen LogP contribution in [-0.4, -0.2) is 52.6 Å². The zero-order valence-corrected chi connectivity index (χ0v) is 20.6. The lowest BCUT2D eigenvalue weighted by molar-refractivity contribution is 0.0943. The Morgan fingerprint density at radius 2 is 2.00 bits per heavy atom. The first-order valence-electron chi connectivity index (χ1n) is 11.9. The molecule has 10 nitrogen and oxygen atoms in total. The molecule has 3 N–H and O–H groups in total. The molecule has 0 radical (unpaired) electrons. The van der Waals surface area contributed by atoms with Gasteiger partial charge in [-0.05, 0) is 42.8 Å². The van der Waals surface area contributed by atoms with Crippen molar-refractivity contribution in [3.63, 3.8) is 0 Å². The Morgan fingerprint density at radius 3 is 2.78 bits per heavy atom. The summed E-state index contributed by atoms with van der Waals surface area (Å²) in [5, 5.41) is 12.1. The molecule has 4 aromatic rings. The number of carbonyl (C=O) groups excluding carboxylic acids is 1. The number of fused-ring (bicyclic) bond motifs is 2. The van der Waals surface area contributed by atoms with Gasteiger partial charge in [0.15, 0.2) is 12.0 Å². The number of amides is 1. The summed E-state index contributed by atoms with van der Waals surface area (Å²) in [5.41, 5.74) is 8.52. The van der Waals surface area contributed by atoms with E-state index in [4.69, 9.17) is 15.7 Å². The van der Waals surface area contributed by atoms with Crippen LogP contribution in [0.5, 0.6) is 5.75 Å². The molecule has 2 aliphatic heterocycles. The van der Waals surface area contributed by atoms with E-state index in [-0.39, 0.29) is 17.8 Å². The number of para-hydroxylation sites is 1. The van der Waals surface area contributed by atoms with Gasteiger partial charge in [-0.2, -0.15) is 5.26 Å². The number of nitrogens with one attached hydrogen (secondary N) is 1. The lowest BCUT2D eigenvalue weighted by Gasteiger charge is -2.31. The van der Waals surface area contributed by atoms with Crippen LogP contribution in [0, 0.1) is 11.5 Å². The third kappa shape index (κ3) is 4.11. The monoisotopic (exact) mass is 513 g/mol. The van der Waals surface area contributed by atoms with Crippen LogP contribution in [0.1, 0.15) is 16.1 Å². The topological polar surface area (TPSA) is 130 Å². The molecule has 2 aliphatic rings. The van der Waals surface area contributed by atoms with Crippen LogP contribution < -0.4 is 26.2 Å². The lowest BCUT2D eigenvalue weighted by atomic mass is 10.1. The number of ether oxygens (including phenoxy) is 1. The van der Waals surface area contributed by atoms with Crippen LogP contribution in [-0.2, 0) is 0 Å². The zero-order chi connectivity index (χ0) is 25.5. The first-order valence-corrected chi connectivity index (χ1v) is 12.7. The van der Waals surface area contributed by atoms with Crippen LogP contribution in [0.25, 0.3) is 16.0 Å². The molecular weight excluding hydrogens is 490 g/mol. The number of rotatable bonds is 4. The summed E-state index contributed by atoms with van der Waals surface area (Å²) < 4.78 is 7.38. The second-order valence-corrected chi connectivity index (χ2v) is 9.96. The van der Waals surface area contributed by atoms with Gasteiger partial charge >= 0.3 is 0 Å². The zero-order valence-electron chi connectivity index (χ0n) is 19.8. The van der Waals surface area contributed by atoms with Crippen LogP contribution in [0.3, 0.4) is 0 Å². The highest BCUT2D eigenvalue weighted by atomic mass is 32.1. The third-order valence-electron chi connectivity index (χ3n) is 6.60. The highest BCUT2D eigenvalue weighted by molar-refractivity contribution is 7.20. The standard InChI is InChI=1S/C26H23N7O3S/c27-15-31-9-8-16(14-31)29-24(34)22-13-20-25(37-22)30-23(28)26(35)33(20)18-6-7-21-19(12-18)32(10-11-36-21)17-4-2-1-3-5-17/h1-7,12-13,16H,8-11,14H2,(H2,28,30)(H,29,34)/t16-/m1/s1. The van der Waals surface area contributed by atoms with Crippen LogP contribution >= 0.6 is 11.3 Å². The fourth-order valence-corrected chi connectivity index (χ4v) is 5.74. The molecule has 1 amide bonds. The maximum absolute atomic E-state index is 13.2. The normalized spacial score (nSPS) is 16.8. The van der Waals surface area contributed by atoms with Crippen molar-refractivity contribution in [2.24, 2.45) is 0 Å². The Bertz CT molecular complexity index is 1610. The van der Waals surface area contributed by atoms with Crippen molar-refractivity contribution >= 4 is 44.8 Å². The Hall–Kier alpha value is -4.56. The maximum atomic E-state index is 13.2. The van der Waals surface area contributed by atoms with Crippen LogP contribution in [0.4, 0.5) is 17.2 Å². The van der Waals surface area contributed by atoms with Gasteiger partial charge in [-0.15, -0.1) is 11.3 Å². The molecule has 186 valence electrons. The van der Waals surface area contributed by atoms with Gasteiger partial charge in [0, 0.05) is 24.8 Å². The summed E-state index contributed by atoms with van der Waals surface area (Å²) in [6.45, 7) is 2.31. The quantitative estimate of drug-likeness (QED) is 0.399. The number of likely N-dealkylation sites (tertiary alicyclic amines) is 1. The van der Waals surface area contributed by atoms with E-state index < -0.39 is 5.56 Å². The number of aromatic nitrogens is 2. The number of nitrogens with two attached hydrogens (primary N) is 1. The highest BCUT2D eigenvalue weighted by Gasteiger charge is 2.26. The SMILES string of the molecule is N#CN1CC[C@@H](NC(=O)c2cc3c(nc(N)c(=O)n3-c3ccc4c(c3)N(c3ccccc3)CCO4)s2)C1. The van der Waals surface area contributed by atoms with Crippen molar-refractivity contribution in [2.45, 2.75) is 12.5 Å². The molecule has 0 saturated carbocycles. The smallest absolute Gasteiger partial charge is 0.298 e. The number of carbonyl (C=O) groups is 1. The van der Waals surface area contributed by atoms with E-state index >= 15 is 0 Å². The van der Waals surface area contributed by atoms with Gasteiger partial charge in [0.1, 0.15) is 17.2 Å². The first-order chi connectivity index (χ1) is 18.0. The lowest BCUT2D eigenvalue weighted by Crippen LogP contribution is -2.36. The van der Waals surface area contributed by atoms with E-state index in [2.05, 4.69) is 21.4 Å². The fraction of sp³-hybridized carbons (Fsp3) is 0.231. The van der Waals surface area contributed by atoms with E-state index in [0.717, 1.165) is 17.1 Å². The van der Waals surface area contributed by atoms with E-state index in [1.807, 2.05) is 42.5 Å². The Balaban J connectivity index is 1.40. The third-order valence-corrected chi connectivity index (χ3v) is 7.62. The molecule has 11 heteroatoms. The number of benzene rings is 2. The molecule has 37 heavy (non-hydrogen) atoms. The summed E-state index contributed by atoms with van der Waals surface area (Å²) in [5.74, 6) is 0.314. The fourth-order valence-electron chi connectivity index (χ4n) is 4.81. The van der Waals surface area contributed by atoms with E-state index in [1.165, 1.54) is 15.9 Å². The van der Waals surface area contributed by atoms with Gasteiger partial charge in [-0.1, -0.05) is 18.2 Å². The van der Waals surface area contributed by atoms with Gasteiger partial charge in [0.2, 0.25) is 0 Å².